The predicted molar refractivity (Wildman–Crippen MR) is 139 cm³/mol. The maximum atomic E-state index is 13.5. The molecule has 5 atom stereocenters. The van der Waals surface area contributed by atoms with Crippen LogP contribution in [0.25, 0.3) is 0 Å². The van der Waals surface area contributed by atoms with Crippen LogP contribution in [0.15, 0.2) is 30.3 Å². The first kappa shape index (κ1) is 30.3. The Morgan fingerprint density at radius 2 is 1.84 bits per heavy atom. The number of carboxylic acids is 1. The number of hydrogen-bond donors (Lipinski definition) is 4. The van der Waals surface area contributed by atoms with Crippen molar-refractivity contribution < 1.29 is 39.5 Å². The second-order valence-electron chi connectivity index (χ2n) is 9.78. The number of nitrogens with one attached hydrogen (secondary N) is 1. The second-order valence-corrected chi connectivity index (χ2v) is 11.0. The first-order chi connectivity index (χ1) is 18.3. The number of fused-ring (bicyclic) bond motifs is 1. The third kappa shape index (κ3) is 8.92. The number of hydrogen-bond acceptors (Lipinski definition) is 10. The fourth-order valence-electron chi connectivity index (χ4n) is 5.40. The smallest absolute Gasteiger partial charge is 0.326 e. The largest absolute Gasteiger partial charge is 0.480 e. The van der Waals surface area contributed by atoms with Crippen molar-refractivity contribution in [3.63, 3.8) is 0 Å². The number of aryl methyl sites for hydroxylation is 1. The Morgan fingerprint density at radius 1 is 1.13 bits per heavy atom. The quantitative estimate of drug-likeness (QED) is 0.144. The van der Waals surface area contributed by atoms with E-state index >= 15 is 0 Å². The summed E-state index contributed by atoms with van der Waals surface area (Å²) in [5.74, 6) is -0.570. The number of ether oxygens (including phenoxy) is 1. The van der Waals surface area contributed by atoms with Gasteiger partial charge in [-0.1, -0.05) is 43.2 Å². The molecule has 212 valence electrons. The van der Waals surface area contributed by atoms with Crippen molar-refractivity contribution >= 4 is 29.6 Å². The fraction of sp³-hybridized carbons (Fsp3) is 0.654. The lowest BCUT2D eigenvalue weighted by Gasteiger charge is -2.35. The molecular formula is C26H39N3O8S. The maximum absolute atomic E-state index is 13.5. The molecule has 12 heteroatoms. The molecule has 1 aromatic rings. The van der Waals surface area contributed by atoms with E-state index in [0.717, 1.165) is 31.2 Å². The Hall–Kier alpha value is -2.22. The molecule has 0 bridgehead atoms. The number of benzene rings is 1. The van der Waals surface area contributed by atoms with Crippen LogP contribution in [-0.4, -0.2) is 92.5 Å². The lowest BCUT2D eigenvalue weighted by Crippen LogP contribution is -2.55. The van der Waals surface area contributed by atoms with Gasteiger partial charge in [0.25, 0.3) is 0 Å². The average molecular weight is 554 g/mol. The van der Waals surface area contributed by atoms with Gasteiger partial charge in [-0.05, 0) is 50.5 Å². The van der Waals surface area contributed by atoms with Crippen LogP contribution in [0.5, 0.6) is 0 Å². The number of thioether (sulfide) groups is 1. The maximum Gasteiger partial charge on any atom is 0.326 e. The summed E-state index contributed by atoms with van der Waals surface area (Å²) >= 11 is 1.42. The predicted octanol–water partition coefficient (Wildman–Crippen LogP) is 2.50. The standard InChI is InChI=1S/C26H39N3O8S/c1-18(24(30)28-22-10-6-5-9-20(22)17-23(28)25(31)32)27-21(12-11-19-7-3-2-4-8-19)26(33)36-13-15-38-16-14-37-29(34)35/h2-4,7-8,18,20-23,27,34-35H,5-6,9-17H2,1H3,(H,31,32). The van der Waals surface area contributed by atoms with Gasteiger partial charge < -0.3 is 14.7 Å². The monoisotopic (exact) mass is 553 g/mol. The molecule has 0 aromatic heterocycles. The van der Waals surface area contributed by atoms with Crippen LogP contribution in [-0.2, 0) is 30.4 Å². The Bertz CT molecular complexity index is 906. The summed E-state index contributed by atoms with van der Waals surface area (Å²) in [7, 11) is 0. The molecule has 1 heterocycles. The molecule has 1 saturated heterocycles. The summed E-state index contributed by atoms with van der Waals surface area (Å²) in [4.78, 5) is 44.6. The van der Waals surface area contributed by atoms with Crippen molar-refractivity contribution in [3.8, 4) is 0 Å². The van der Waals surface area contributed by atoms with Crippen LogP contribution >= 0.6 is 11.8 Å². The molecule has 2 fully saturated rings. The summed E-state index contributed by atoms with van der Waals surface area (Å²) in [5.41, 5.74) is 1.05. The zero-order valence-corrected chi connectivity index (χ0v) is 22.6. The summed E-state index contributed by atoms with van der Waals surface area (Å²) in [6, 6.07) is 7.32. The topological polar surface area (TPSA) is 149 Å². The van der Waals surface area contributed by atoms with Crippen molar-refractivity contribution in [2.75, 3.05) is 24.7 Å². The van der Waals surface area contributed by atoms with E-state index in [1.807, 2.05) is 30.3 Å². The molecule has 1 aliphatic heterocycles. The summed E-state index contributed by atoms with van der Waals surface area (Å²) in [6.07, 6.45) is 5.29. The van der Waals surface area contributed by atoms with E-state index in [1.54, 1.807) is 11.8 Å². The van der Waals surface area contributed by atoms with Crippen LogP contribution in [0.2, 0.25) is 0 Å². The number of likely N-dealkylation sites (tertiary alicyclic amines) is 1. The fourth-order valence-corrected chi connectivity index (χ4v) is 6.00. The first-order valence-corrected chi connectivity index (χ1v) is 14.3. The number of carboxylic acid groups (broad SMARTS) is 1. The van der Waals surface area contributed by atoms with Crippen LogP contribution in [0, 0.1) is 5.92 Å². The van der Waals surface area contributed by atoms with Crippen molar-refractivity contribution in [2.24, 2.45) is 5.92 Å². The van der Waals surface area contributed by atoms with Crippen molar-refractivity contribution in [3.05, 3.63) is 35.9 Å². The highest BCUT2D eigenvalue weighted by Crippen LogP contribution is 2.40. The van der Waals surface area contributed by atoms with Gasteiger partial charge in [-0.25, -0.2) is 9.63 Å². The van der Waals surface area contributed by atoms with Gasteiger partial charge in [0.2, 0.25) is 5.91 Å². The molecule has 1 aromatic carbocycles. The zero-order chi connectivity index (χ0) is 27.5. The van der Waals surface area contributed by atoms with Gasteiger partial charge in [-0.3, -0.25) is 25.3 Å². The number of esters is 1. The van der Waals surface area contributed by atoms with Gasteiger partial charge in [-0.2, -0.15) is 11.8 Å². The van der Waals surface area contributed by atoms with E-state index in [-0.39, 0.29) is 36.5 Å². The number of carbonyl (C=O) groups excluding carboxylic acids is 2. The van der Waals surface area contributed by atoms with Gasteiger partial charge in [-0.15, -0.1) is 0 Å². The third-order valence-corrected chi connectivity index (χ3v) is 8.12. The minimum Gasteiger partial charge on any atom is -0.480 e. The Kier molecular flexibility index (Phi) is 12.3. The van der Waals surface area contributed by atoms with E-state index in [0.29, 0.717) is 30.8 Å². The van der Waals surface area contributed by atoms with Crippen molar-refractivity contribution in [2.45, 2.75) is 76.0 Å². The molecule has 0 radical (unpaired) electrons. The van der Waals surface area contributed by atoms with E-state index < -0.39 is 30.1 Å². The van der Waals surface area contributed by atoms with Gasteiger partial charge in [0.1, 0.15) is 18.7 Å². The molecule has 1 aliphatic carbocycles. The number of amides is 1. The van der Waals surface area contributed by atoms with Crippen LogP contribution in [0.4, 0.5) is 0 Å². The normalized spacial score (nSPS) is 22.6. The Balaban J connectivity index is 1.60. The molecule has 2 aliphatic rings. The Labute approximate surface area is 227 Å². The highest BCUT2D eigenvalue weighted by molar-refractivity contribution is 7.99. The first-order valence-electron chi connectivity index (χ1n) is 13.2. The molecule has 1 amide bonds. The third-order valence-electron chi connectivity index (χ3n) is 7.20. The van der Waals surface area contributed by atoms with E-state index in [2.05, 4.69) is 10.2 Å². The lowest BCUT2D eigenvalue weighted by atomic mass is 9.84. The van der Waals surface area contributed by atoms with E-state index in [1.165, 1.54) is 11.8 Å². The molecule has 0 spiro atoms. The van der Waals surface area contributed by atoms with Crippen LogP contribution < -0.4 is 5.32 Å². The molecule has 3 rings (SSSR count). The Morgan fingerprint density at radius 3 is 2.55 bits per heavy atom. The molecule has 4 N–H and O–H groups in total. The minimum absolute atomic E-state index is 0.0685. The van der Waals surface area contributed by atoms with Crippen LogP contribution in [0.1, 0.15) is 51.0 Å². The van der Waals surface area contributed by atoms with Crippen molar-refractivity contribution in [1.29, 1.82) is 0 Å². The SMILES string of the molecule is CC(NC(CCc1ccccc1)C(=O)OCCSCCON(O)O)C(=O)N1C(C(=O)O)CC2CCCCC21. The van der Waals surface area contributed by atoms with Gasteiger partial charge in [0, 0.05) is 17.5 Å². The average Bonchev–Trinajstić information content (AvgIpc) is 3.30. The van der Waals surface area contributed by atoms with E-state index in [4.69, 9.17) is 15.2 Å². The van der Waals surface area contributed by atoms with E-state index in [9.17, 15) is 19.5 Å². The van der Waals surface area contributed by atoms with Crippen LogP contribution in [0.3, 0.4) is 0 Å². The van der Waals surface area contributed by atoms with Crippen molar-refractivity contribution in [1.82, 2.24) is 15.6 Å². The molecule has 5 unspecified atom stereocenters. The highest BCUT2D eigenvalue weighted by atomic mass is 32.2. The molecular weight excluding hydrogens is 514 g/mol. The molecule has 11 nitrogen and oxygen atoms in total. The summed E-state index contributed by atoms with van der Waals surface area (Å²) in [5, 5.41) is 29.7. The highest BCUT2D eigenvalue weighted by Gasteiger charge is 2.48. The number of nitrogens with zero attached hydrogens (tertiary/aromatic N) is 2. The summed E-state index contributed by atoms with van der Waals surface area (Å²) < 4.78 is 5.48. The van der Waals surface area contributed by atoms with Gasteiger partial charge >= 0.3 is 11.9 Å². The number of aliphatic carboxylic acids is 1. The lowest BCUT2D eigenvalue weighted by molar-refractivity contribution is -0.490. The summed E-state index contributed by atoms with van der Waals surface area (Å²) in [6.45, 7) is 1.91. The number of carbonyl (C=O) groups is 3. The minimum atomic E-state index is -0.978. The second kappa shape index (κ2) is 15.4. The molecule has 38 heavy (non-hydrogen) atoms. The zero-order valence-electron chi connectivity index (χ0n) is 21.7. The van der Waals surface area contributed by atoms with Gasteiger partial charge in [0.05, 0.1) is 18.0 Å². The molecule has 1 saturated carbocycles. The number of rotatable bonds is 15. The van der Waals surface area contributed by atoms with Gasteiger partial charge in [0.15, 0.2) is 0 Å².